The van der Waals surface area contributed by atoms with Crippen LogP contribution in [0.25, 0.3) is 0 Å². The zero-order chi connectivity index (χ0) is 9.28. The van der Waals surface area contributed by atoms with Crippen molar-refractivity contribution in [2.24, 2.45) is 11.5 Å². The Balaban J connectivity index is -0.0000000941. The Bertz CT molecular complexity index is 75.2. The normalized spacial score (nSPS) is 12.5. The van der Waals surface area contributed by atoms with E-state index in [9.17, 15) is 0 Å². The molecule has 2 unspecified atom stereocenters. The van der Waals surface area contributed by atoms with Crippen molar-refractivity contribution in [1.82, 2.24) is 0 Å². The molecule has 0 aromatic carbocycles. The SMILES string of the molecule is C.C.CC(N)COC(C)CN.II. The van der Waals surface area contributed by atoms with Gasteiger partial charge in [-0.1, -0.05) is 14.9 Å². The van der Waals surface area contributed by atoms with E-state index in [0.29, 0.717) is 13.2 Å². The number of ether oxygens (including phenoxy) is 1. The van der Waals surface area contributed by atoms with Gasteiger partial charge in [0.15, 0.2) is 0 Å². The molecule has 5 heteroatoms. The third-order valence-electron chi connectivity index (χ3n) is 0.976. The molecule has 0 aromatic heterocycles. The Morgan fingerprint density at radius 1 is 1.23 bits per heavy atom. The number of halogens is 2. The number of hydrogen-bond acceptors (Lipinski definition) is 3. The van der Waals surface area contributed by atoms with Crippen LogP contribution < -0.4 is 11.5 Å². The summed E-state index contributed by atoms with van der Waals surface area (Å²) in [5, 5.41) is 0. The van der Waals surface area contributed by atoms with Gasteiger partial charge in [-0.2, -0.15) is 0 Å². The lowest BCUT2D eigenvalue weighted by atomic mass is 10.4. The van der Waals surface area contributed by atoms with Gasteiger partial charge >= 0.3 is 0 Å². The molecule has 0 saturated carbocycles. The van der Waals surface area contributed by atoms with Crippen molar-refractivity contribution in [2.45, 2.75) is 40.8 Å². The average molecular weight is 418 g/mol. The zero-order valence-electron chi connectivity index (χ0n) is 6.89. The van der Waals surface area contributed by atoms with E-state index in [1.54, 1.807) is 0 Å². The number of hydrogen-bond donors (Lipinski definition) is 2. The third kappa shape index (κ3) is 24.7. The number of rotatable bonds is 4. The summed E-state index contributed by atoms with van der Waals surface area (Å²) < 4.78 is 5.20. The molecule has 0 aromatic rings. The summed E-state index contributed by atoms with van der Waals surface area (Å²) in [5.74, 6) is 0. The fourth-order valence-corrected chi connectivity index (χ4v) is 0.384. The molecule has 0 bridgehead atoms. The molecule has 0 radical (unpaired) electrons. The van der Waals surface area contributed by atoms with Gasteiger partial charge in [-0.05, 0) is 13.8 Å². The van der Waals surface area contributed by atoms with Gasteiger partial charge in [0, 0.05) is 49.8 Å². The largest absolute Gasteiger partial charge is 0.376 e. The molecular formula is C8H24I2N2O. The summed E-state index contributed by atoms with van der Waals surface area (Å²) in [5.41, 5.74) is 10.7. The quantitative estimate of drug-likeness (QED) is 0.691. The molecule has 0 saturated heterocycles. The highest BCUT2D eigenvalue weighted by Crippen LogP contribution is 1.89. The summed E-state index contributed by atoms with van der Waals surface area (Å²) in [6, 6.07) is 0.110. The van der Waals surface area contributed by atoms with Crippen molar-refractivity contribution < 1.29 is 4.74 Å². The molecule has 0 aliphatic heterocycles. The first-order valence-corrected chi connectivity index (χ1v) is 9.67. The summed E-state index contributed by atoms with van der Waals surface area (Å²) in [6.07, 6.45) is 0.135. The van der Waals surface area contributed by atoms with E-state index in [1.165, 1.54) is 0 Å². The maximum atomic E-state index is 5.43. The number of nitrogens with two attached hydrogens (primary N) is 2. The van der Waals surface area contributed by atoms with Crippen LogP contribution in [0.5, 0.6) is 0 Å². The molecule has 0 rings (SSSR count). The van der Waals surface area contributed by atoms with E-state index >= 15 is 0 Å². The van der Waals surface area contributed by atoms with Gasteiger partial charge in [0.1, 0.15) is 0 Å². The minimum Gasteiger partial charge on any atom is -0.376 e. The molecule has 86 valence electrons. The Hall–Kier alpha value is 1.34. The van der Waals surface area contributed by atoms with Crippen molar-refractivity contribution in [3.8, 4) is 0 Å². The smallest absolute Gasteiger partial charge is 0.0669 e. The van der Waals surface area contributed by atoms with Gasteiger partial charge in [-0.25, -0.2) is 0 Å². The van der Waals surface area contributed by atoms with Crippen LogP contribution >= 0.6 is 37.2 Å². The highest BCUT2D eigenvalue weighted by molar-refractivity contribution is 15.0. The van der Waals surface area contributed by atoms with E-state index in [-0.39, 0.29) is 27.0 Å². The molecule has 0 aliphatic rings. The minimum absolute atomic E-state index is 0. The van der Waals surface area contributed by atoms with Crippen LogP contribution in [0.3, 0.4) is 0 Å². The lowest BCUT2D eigenvalue weighted by Gasteiger charge is -2.11. The van der Waals surface area contributed by atoms with Gasteiger partial charge in [0.05, 0.1) is 12.7 Å². The van der Waals surface area contributed by atoms with Crippen molar-refractivity contribution in [3.05, 3.63) is 0 Å². The van der Waals surface area contributed by atoms with Crippen molar-refractivity contribution >= 4 is 37.2 Å². The minimum atomic E-state index is 0. The molecule has 0 fully saturated rings. The lowest BCUT2D eigenvalue weighted by Crippen LogP contribution is -2.28. The fraction of sp³-hybridized carbons (Fsp3) is 1.00. The maximum Gasteiger partial charge on any atom is 0.0669 e. The first-order valence-electron chi connectivity index (χ1n) is 3.38. The Kier molecular flexibility index (Phi) is 34.9. The average Bonchev–Trinajstić information content (AvgIpc) is 2.04. The van der Waals surface area contributed by atoms with E-state index in [4.69, 9.17) is 16.2 Å². The van der Waals surface area contributed by atoms with E-state index in [0.717, 1.165) is 0 Å². The molecule has 0 aliphatic carbocycles. The van der Waals surface area contributed by atoms with Gasteiger partial charge in [-0.15, -0.1) is 0 Å². The monoisotopic (exact) mass is 418 g/mol. The van der Waals surface area contributed by atoms with Crippen LogP contribution in [0.4, 0.5) is 0 Å². The van der Waals surface area contributed by atoms with Gasteiger partial charge in [0.25, 0.3) is 0 Å². The van der Waals surface area contributed by atoms with Crippen molar-refractivity contribution in [3.63, 3.8) is 0 Å². The van der Waals surface area contributed by atoms with Crippen LogP contribution in [0.2, 0.25) is 0 Å². The van der Waals surface area contributed by atoms with Gasteiger partial charge < -0.3 is 16.2 Å². The fourth-order valence-electron chi connectivity index (χ4n) is 0.384. The van der Waals surface area contributed by atoms with Crippen LogP contribution in [0.1, 0.15) is 28.7 Å². The summed E-state index contributed by atoms with van der Waals surface area (Å²) in [4.78, 5) is 0. The summed E-state index contributed by atoms with van der Waals surface area (Å²) in [7, 11) is 0. The highest BCUT2D eigenvalue weighted by Gasteiger charge is 1.99. The molecule has 0 spiro atoms. The summed E-state index contributed by atoms with van der Waals surface area (Å²) >= 11 is 4.24. The second-order valence-corrected chi connectivity index (χ2v) is 2.36. The molecular weight excluding hydrogens is 394 g/mol. The van der Waals surface area contributed by atoms with Crippen LogP contribution in [-0.4, -0.2) is 25.3 Å². The van der Waals surface area contributed by atoms with E-state index in [1.807, 2.05) is 13.8 Å². The van der Waals surface area contributed by atoms with E-state index < -0.39 is 0 Å². The molecule has 0 heterocycles. The Morgan fingerprint density at radius 2 is 1.62 bits per heavy atom. The molecule has 4 N–H and O–H groups in total. The predicted molar refractivity (Wildman–Crippen MR) is 79.6 cm³/mol. The van der Waals surface area contributed by atoms with Crippen LogP contribution in [0, 0.1) is 0 Å². The van der Waals surface area contributed by atoms with Crippen LogP contribution in [-0.2, 0) is 4.74 Å². The molecule has 3 nitrogen and oxygen atoms in total. The predicted octanol–water partition coefficient (Wildman–Crippen LogP) is 2.74. The second kappa shape index (κ2) is 19.0. The summed E-state index contributed by atoms with van der Waals surface area (Å²) in [6.45, 7) is 5.00. The van der Waals surface area contributed by atoms with Crippen molar-refractivity contribution in [2.75, 3.05) is 13.2 Å². The Labute approximate surface area is 107 Å². The highest BCUT2D eigenvalue weighted by atomic mass is 128. The topological polar surface area (TPSA) is 61.3 Å². The second-order valence-electron chi connectivity index (χ2n) is 2.36. The van der Waals surface area contributed by atoms with Crippen LogP contribution in [0.15, 0.2) is 0 Å². The first kappa shape index (κ1) is 23.9. The molecule has 2 atom stereocenters. The first-order chi connectivity index (χ1) is 5.16. The lowest BCUT2D eigenvalue weighted by molar-refractivity contribution is 0.0646. The standard InChI is InChI=1S/C6H16N2O.2CH4.I2/c1-5(8)4-9-6(2)3-7;;;1-2/h5-6H,3-4,7-8H2,1-2H3;2*1H4;. The molecule has 0 amide bonds. The third-order valence-corrected chi connectivity index (χ3v) is 0.976. The maximum absolute atomic E-state index is 5.43. The molecule has 13 heavy (non-hydrogen) atoms. The zero-order valence-corrected chi connectivity index (χ0v) is 11.2. The van der Waals surface area contributed by atoms with Gasteiger partial charge in [0.2, 0.25) is 0 Å². The van der Waals surface area contributed by atoms with Crippen molar-refractivity contribution in [1.29, 1.82) is 0 Å². The van der Waals surface area contributed by atoms with Gasteiger partial charge in [-0.3, -0.25) is 0 Å². The van der Waals surface area contributed by atoms with E-state index in [2.05, 4.69) is 37.2 Å². The Morgan fingerprint density at radius 3 is 1.85 bits per heavy atom.